The fraction of sp³-hybridized carbons (Fsp3) is 0.500. The number of amides is 1. The summed E-state index contributed by atoms with van der Waals surface area (Å²) < 4.78 is 13.2. The predicted molar refractivity (Wildman–Crippen MR) is 67.9 cm³/mol. The van der Waals surface area contributed by atoms with Crippen LogP contribution in [0.1, 0.15) is 19.8 Å². The van der Waals surface area contributed by atoms with Crippen LogP contribution in [-0.4, -0.2) is 36.0 Å². The summed E-state index contributed by atoms with van der Waals surface area (Å²) in [5, 5.41) is 0. The van der Waals surface area contributed by atoms with Crippen LogP contribution in [0.15, 0.2) is 24.3 Å². The number of fused-ring (bicyclic) bond motifs is 2. The van der Waals surface area contributed by atoms with Gasteiger partial charge in [-0.05, 0) is 31.0 Å². The SMILES string of the molecule is CC(=O)N1C2CCC1CN(c1cccc(F)c1)C2. The molecule has 0 aromatic heterocycles. The molecule has 0 N–H and O–H groups in total. The largest absolute Gasteiger partial charge is 0.367 e. The fourth-order valence-electron chi connectivity index (χ4n) is 3.30. The van der Waals surface area contributed by atoms with Crippen molar-refractivity contribution in [3.05, 3.63) is 30.1 Å². The average Bonchev–Trinajstić information content (AvgIpc) is 2.61. The number of hydrogen-bond donors (Lipinski definition) is 0. The molecule has 3 rings (SSSR count). The molecule has 0 aliphatic carbocycles. The van der Waals surface area contributed by atoms with Crippen LogP contribution in [0, 0.1) is 5.82 Å². The van der Waals surface area contributed by atoms with Crippen LogP contribution in [-0.2, 0) is 4.79 Å². The lowest BCUT2D eigenvalue weighted by Gasteiger charge is -2.41. The van der Waals surface area contributed by atoms with Crippen molar-refractivity contribution in [2.45, 2.75) is 31.8 Å². The Morgan fingerprint density at radius 1 is 1.28 bits per heavy atom. The lowest BCUT2D eigenvalue weighted by Crippen LogP contribution is -2.55. The fourth-order valence-corrected chi connectivity index (χ4v) is 3.30. The second-order valence-electron chi connectivity index (χ2n) is 5.20. The second-order valence-corrected chi connectivity index (χ2v) is 5.20. The number of anilines is 1. The van der Waals surface area contributed by atoms with Crippen molar-refractivity contribution in [2.75, 3.05) is 18.0 Å². The lowest BCUT2D eigenvalue weighted by atomic mass is 10.1. The Morgan fingerprint density at radius 2 is 1.94 bits per heavy atom. The van der Waals surface area contributed by atoms with Gasteiger partial charge in [0.05, 0.1) is 0 Å². The summed E-state index contributed by atoms with van der Waals surface area (Å²) in [4.78, 5) is 15.8. The van der Waals surface area contributed by atoms with Crippen molar-refractivity contribution in [1.29, 1.82) is 0 Å². The summed E-state index contributed by atoms with van der Waals surface area (Å²) in [6, 6.07) is 7.30. The second kappa shape index (κ2) is 4.26. The molecule has 2 fully saturated rings. The Hall–Kier alpha value is -1.58. The quantitative estimate of drug-likeness (QED) is 0.759. The number of rotatable bonds is 1. The minimum absolute atomic E-state index is 0.168. The molecule has 2 atom stereocenters. The van der Waals surface area contributed by atoms with E-state index in [1.807, 2.05) is 11.0 Å². The molecule has 1 aromatic rings. The minimum Gasteiger partial charge on any atom is -0.367 e. The molecule has 0 radical (unpaired) electrons. The van der Waals surface area contributed by atoms with Crippen LogP contribution < -0.4 is 4.90 Å². The van der Waals surface area contributed by atoms with Gasteiger partial charge >= 0.3 is 0 Å². The average molecular weight is 248 g/mol. The summed E-state index contributed by atoms with van der Waals surface area (Å²) in [5.74, 6) is -0.0322. The van der Waals surface area contributed by atoms with Crippen LogP contribution in [0.4, 0.5) is 10.1 Å². The van der Waals surface area contributed by atoms with Crippen LogP contribution in [0.2, 0.25) is 0 Å². The zero-order valence-corrected chi connectivity index (χ0v) is 10.5. The first-order chi connectivity index (χ1) is 8.65. The van der Waals surface area contributed by atoms with Gasteiger partial charge in [-0.25, -0.2) is 4.39 Å². The standard InChI is InChI=1S/C14H17FN2O/c1-10(18)17-13-5-6-14(17)9-16(8-13)12-4-2-3-11(15)7-12/h2-4,7,13-14H,5-6,8-9H2,1H3. The first-order valence-corrected chi connectivity index (χ1v) is 6.44. The van der Waals surface area contributed by atoms with Gasteiger partial charge in [-0.1, -0.05) is 6.07 Å². The maximum atomic E-state index is 13.2. The topological polar surface area (TPSA) is 23.6 Å². The van der Waals surface area contributed by atoms with Crippen molar-refractivity contribution in [2.24, 2.45) is 0 Å². The smallest absolute Gasteiger partial charge is 0.220 e. The monoisotopic (exact) mass is 248 g/mol. The molecule has 4 heteroatoms. The van der Waals surface area contributed by atoms with Crippen molar-refractivity contribution in [1.82, 2.24) is 4.90 Å². The first kappa shape index (κ1) is 11.5. The number of halogens is 1. The highest BCUT2D eigenvalue weighted by Crippen LogP contribution is 2.32. The minimum atomic E-state index is -0.200. The van der Waals surface area contributed by atoms with E-state index in [0.717, 1.165) is 31.6 Å². The number of carbonyl (C=O) groups is 1. The molecule has 1 aromatic carbocycles. The van der Waals surface area contributed by atoms with Crippen molar-refractivity contribution in [3.63, 3.8) is 0 Å². The highest BCUT2D eigenvalue weighted by molar-refractivity contribution is 5.75. The van der Waals surface area contributed by atoms with Gasteiger partial charge in [0.1, 0.15) is 5.82 Å². The first-order valence-electron chi connectivity index (χ1n) is 6.44. The number of nitrogens with zero attached hydrogens (tertiary/aromatic N) is 2. The number of piperazine rings is 1. The summed E-state index contributed by atoms with van der Waals surface area (Å²) in [6.07, 6.45) is 2.13. The Morgan fingerprint density at radius 3 is 2.50 bits per heavy atom. The van der Waals surface area contributed by atoms with Gasteiger partial charge in [-0.15, -0.1) is 0 Å². The summed E-state index contributed by atoms with van der Waals surface area (Å²) in [5.41, 5.74) is 0.926. The third kappa shape index (κ3) is 1.85. The van der Waals surface area contributed by atoms with Crippen molar-refractivity contribution >= 4 is 11.6 Å². The van der Waals surface area contributed by atoms with Gasteiger partial charge < -0.3 is 9.80 Å². The highest BCUT2D eigenvalue weighted by Gasteiger charge is 2.41. The van der Waals surface area contributed by atoms with Crippen LogP contribution in [0.25, 0.3) is 0 Å². The van der Waals surface area contributed by atoms with Crippen molar-refractivity contribution < 1.29 is 9.18 Å². The van der Waals surface area contributed by atoms with Gasteiger partial charge in [-0.3, -0.25) is 4.79 Å². The molecular formula is C14H17FN2O. The Balaban J connectivity index is 1.82. The summed E-state index contributed by atoms with van der Waals surface area (Å²) in [6.45, 7) is 3.28. The van der Waals surface area contributed by atoms with Crippen molar-refractivity contribution in [3.8, 4) is 0 Å². The molecule has 18 heavy (non-hydrogen) atoms. The molecule has 2 saturated heterocycles. The third-order valence-electron chi connectivity index (χ3n) is 4.02. The number of hydrogen-bond acceptors (Lipinski definition) is 2. The normalized spacial score (nSPS) is 26.6. The molecule has 3 nitrogen and oxygen atoms in total. The van der Waals surface area contributed by atoms with E-state index in [1.54, 1.807) is 19.1 Å². The van der Waals surface area contributed by atoms with Gasteiger partial charge in [0.15, 0.2) is 0 Å². The van der Waals surface area contributed by atoms with E-state index in [0.29, 0.717) is 12.1 Å². The Bertz CT molecular complexity index is 463. The van der Waals surface area contributed by atoms with Gasteiger partial charge in [-0.2, -0.15) is 0 Å². The maximum Gasteiger partial charge on any atom is 0.220 e. The molecular weight excluding hydrogens is 231 g/mol. The van der Waals surface area contributed by atoms with E-state index in [9.17, 15) is 9.18 Å². The van der Waals surface area contributed by atoms with E-state index in [2.05, 4.69) is 4.90 Å². The Kier molecular flexibility index (Phi) is 2.73. The molecule has 2 heterocycles. The lowest BCUT2D eigenvalue weighted by molar-refractivity contribution is -0.132. The number of carbonyl (C=O) groups excluding carboxylic acids is 1. The predicted octanol–water partition coefficient (Wildman–Crippen LogP) is 2.03. The third-order valence-corrected chi connectivity index (χ3v) is 4.02. The molecule has 0 spiro atoms. The summed E-state index contributed by atoms with van der Waals surface area (Å²) in [7, 11) is 0. The van der Waals surface area contributed by atoms with E-state index < -0.39 is 0 Å². The van der Waals surface area contributed by atoms with Crippen LogP contribution in [0.5, 0.6) is 0 Å². The molecule has 0 saturated carbocycles. The van der Waals surface area contributed by atoms with E-state index in [4.69, 9.17) is 0 Å². The maximum absolute atomic E-state index is 13.2. The molecule has 2 aliphatic heterocycles. The molecule has 1 amide bonds. The molecule has 2 aliphatic rings. The van der Waals surface area contributed by atoms with Gasteiger partial charge in [0, 0.05) is 37.8 Å². The molecule has 96 valence electrons. The molecule has 2 unspecified atom stereocenters. The van der Waals surface area contributed by atoms with E-state index >= 15 is 0 Å². The zero-order chi connectivity index (χ0) is 12.7. The molecule has 2 bridgehead atoms. The zero-order valence-electron chi connectivity index (χ0n) is 10.5. The van der Waals surface area contributed by atoms with E-state index in [1.165, 1.54) is 6.07 Å². The van der Waals surface area contributed by atoms with Gasteiger partial charge in [0.25, 0.3) is 0 Å². The number of benzene rings is 1. The van der Waals surface area contributed by atoms with E-state index in [-0.39, 0.29) is 11.7 Å². The van der Waals surface area contributed by atoms with Crippen LogP contribution in [0.3, 0.4) is 0 Å². The highest BCUT2D eigenvalue weighted by atomic mass is 19.1. The van der Waals surface area contributed by atoms with Crippen LogP contribution >= 0.6 is 0 Å². The Labute approximate surface area is 106 Å². The summed E-state index contributed by atoms with van der Waals surface area (Å²) >= 11 is 0. The van der Waals surface area contributed by atoms with Gasteiger partial charge in [0.2, 0.25) is 5.91 Å².